The van der Waals surface area contributed by atoms with Crippen LogP contribution < -0.4 is 5.56 Å². The Morgan fingerprint density at radius 2 is 1.90 bits per heavy atom. The van der Waals surface area contributed by atoms with Gasteiger partial charge in [0.2, 0.25) is 5.78 Å². The molecule has 0 fully saturated rings. The summed E-state index contributed by atoms with van der Waals surface area (Å²) in [6.45, 7) is 6.37. The van der Waals surface area contributed by atoms with Gasteiger partial charge >= 0.3 is 0 Å². The molecule has 0 amide bonds. The average Bonchev–Trinajstić information content (AvgIpc) is 2.79. The molecule has 0 radical (unpaired) electrons. The fourth-order valence-corrected chi connectivity index (χ4v) is 2.63. The Balaban J connectivity index is 2.46. The van der Waals surface area contributed by atoms with Crippen molar-refractivity contribution in [2.45, 2.75) is 27.3 Å². The van der Waals surface area contributed by atoms with Gasteiger partial charge in [0.1, 0.15) is 0 Å². The second kappa shape index (κ2) is 5.00. The number of aryl methyl sites for hydroxylation is 1. The summed E-state index contributed by atoms with van der Waals surface area (Å²) in [5.41, 5.74) is 3.22. The predicted octanol–water partition coefficient (Wildman–Crippen LogP) is 1.89. The molecule has 3 rings (SSSR count). The highest BCUT2D eigenvalue weighted by Gasteiger charge is 2.16. The van der Waals surface area contributed by atoms with Crippen LogP contribution in [0.5, 0.6) is 0 Å². The van der Waals surface area contributed by atoms with Gasteiger partial charge in [-0.1, -0.05) is 19.1 Å². The molecule has 0 aliphatic rings. The first-order chi connectivity index (χ1) is 10.0. The summed E-state index contributed by atoms with van der Waals surface area (Å²) in [5, 5.41) is 9.33. The van der Waals surface area contributed by atoms with E-state index in [1.807, 2.05) is 42.7 Å². The fraction of sp³-hybridized carbons (Fsp3) is 0.375. The molecule has 0 spiro atoms. The van der Waals surface area contributed by atoms with E-state index < -0.39 is 0 Å². The van der Waals surface area contributed by atoms with Crippen molar-refractivity contribution >= 4 is 16.8 Å². The first-order valence-electron chi connectivity index (χ1n) is 7.12. The maximum absolute atomic E-state index is 12.6. The zero-order valence-electron chi connectivity index (χ0n) is 12.5. The normalized spacial score (nSPS) is 13.1. The molecule has 1 aromatic carbocycles. The SMILES string of the molecule is Cc1nc2n(CC(C)CO)c3ccccc3n2c(=O)c1C. The van der Waals surface area contributed by atoms with Crippen molar-refractivity contribution in [1.29, 1.82) is 0 Å². The van der Waals surface area contributed by atoms with Gasteiger partial charge in [-0.3, -0.25) is 4.79 Å². The molecule has 0 saturated carbocycles. The van der Waals surface area contributed by atoms with Gasteiger partial charge in [-0.25, -0.2) is 9.38 Å². The molecule has 0 aliphatic heterocycles. The molecule has 5 heteroatoms. The monoisotopic (exact) mass is 285 g/mol. The topological polar surface area (TPSA) is 59.5 Å². The summed E-state index contributed by atoms with van der Waals surface area (Å²) < 4.78 is 3.69. The summed E-state index contributed by atoms with van der Waals surface area (Å²) in [4.78, 5) is 17.2. The number of benzene rings is 1. The van der Waals surface area contributed by atoms with Crippen molar-refractivity contribution in [3.8, 4) is 0 Å². The molecule has 2 aromatic heterocycles. The number of aromatic nitrogens is 3. The van der Waals surface area contributed by atoms with E-state index in [0.29, 0.717) is 17.9 Å². The van der Waals surface area contributed by atoms with Gasteiger partial charge in [-0.2, -0.15) is 0 Å². The summed E-state index contributed by atoms with van der Waals surface area (Å²) >= 11 is 0. The van der Waals surface area contributed by atoms with Crippen LogP contribution in [0.15, 0.2) is 29.1 Å². The van der Waals surface area contributed by atoms with Crippen LogP contribution in [0.1, 0.15) is 18.2 Å². The Bertz CT molecular complexity index is 876. The molecule has 3 aromatic rings. The van der Waals surface area contributed by atoms with E-state index in [4.69, 9.17) is 0 Å². The van der Waals surface area contributed by atoms with E-state index in [1.165, 1.54) is 0 Å². The van der Waals surface area contributed by atoms with Crippen LogP contribution in [-0.4, -0.2) is 25.7 Å². The van der Waals surface area contributed by atoms with Gasteiger partial charge in [0.25, 0.3) is 5.56 Å². The third-order valence-electron chi connectivity index (χ3n) is 4.00. The third kappa shape index (κ3) is 2.05. The standard InChI is InChI=1S/C16H19N3O2/c1-10(9-20)8-18-13-6-4-5-7-14(13)19-15(21)11(2)12(3)17-16(18)19/h4-7,10,20H,8-9H2,1-3H3. The van der Waals surface area contributed by atoms with Crippen LogP contribution in [0.3, 0.4) is 0 Å². The lowest BCUT2D eigenvalue weighted by Gasteiger charge is -2.11. The number of hydrogen-bond acceptors (Lipinski definition) is 3. The highest BCUT2D eigenvalue weighted by atomic mass is 16.3. The van der Waals surface area contributed by atoms with Crippen molar-refractivity contribution in [2.75, 3.05) is 6.61 Å². The van der Waals surface area contributed by atoms with Crippen molar-refractivity contribution in [1.82, 2.24) is 14.0 Å². The number of nitrogens with zero attached hydrogens (tertiary/aromatic N) is 3. The molecule has 5 nitrogen and oxygen atoms in total. The van der Waals surface area contributed by atoms with Crippen molar-refractivity contribution in [2.24, 2.45) is 5.92 Å². The van der Waals surface area contributed by atoms with E-state index in [2.05, 4.69) is 4.98 Å². The molecule has 2 heterocycles. The number of aliphatic hydroxyl groups is 1. The molecule has 0 saturated heterocycles. The number of rotatable bonds is 3. The number of para-hydroxylation sites is 2. The Hall–Kier alpha value is -2.14. The first-order valence-corrected chi connectivity index (χ1v) is 7.12. The van der Waals surface area contributed by atoms with Gasteiger partial charge in [0.05, 0.1) is 11.0 Å². The van der Waals surface area contributed by atoms with Gasteiger partial charge in [-0.15, -0.1) is 0 Å². The molecule has 110 valence electrons. The molecular weight excluding hydrogens is 266 g/mol. The van der Waals surface area contributed by atoms with Crippen LogP contribution in [0.4, 0.5) is 0 Å². The Morgan fingerprint density at radius 3 is 2.57 bits per heavy atom. The average molecular weight is 285 g/mol. The minimum Gasteiger partial charge on any atom is -0.396 e. The van der Waals surface area contributed by atoms with Gasteiger partial charge < -0.3 is 9.67 Å². The minimum absolute atomic E-state index is 0.0240. The lowest BCUT2D eigenvalue weighted by molar-refractivity contribution is 0.225. The quantitative estimate of drug-likeness (QED) is 0.799. The zero-order valence-corrected chi connectivity index (χ0v) is 12.5. The Kier molecular flexibility index (Phi) is 3.29. The molecular formula is C16H19N3O2. The van der Waals surface area contributed by atoms with Crippen molar-refractivity contribution < 1.29 is 5.11 Å². The lowest BCUT2D eigenvalue weighted by Crippen LogP contribution is -2.20. The number of fused-ring (bicyclic) bond motifs is 3. The number of hydrogen-bond donors (Lipinski definition) is 1. The summed E-state index contributed by atoms with van der Waals surface area (Å²) in [6, 6.07) is 7.79. The minimum atomic E-state index is -0.0240. The maximum atomic E-state index is 12.6. The Morgan fingerprint density at radius 1 is 1.24 bits per heavy atom. The maximum Gasteiger partial charge on any atom is 0.262 e. The van der Waals surface area contributed by atoms with E-state index in [0.717, 1.165) is 16.7 Å². The van der Waals surface area contributed by atoms with E-state index in [9.17, 15) is 9.90 Å². The van der Waals surface area contributed by atoms with E-state index in [-0.39, 0.29) is 18.1 Å². The van der Waals surface area contributed by atoms with Crippen LogP contribution in [0.25, 0.3) is 16.8 Å². The lowest BCUT2D eigenvalue weighted by atomic mass is 10.2. The van der Waals surface area contributed by atoms with Gasteiger partial charge in [0, 0.05) is 24.4 Å². The second-order valence-electron chi connectivity index (χ2n) is 5.65. The van der Waals surface area contributed by atoms with E-state index >= 15 is 0 Å². The molecule has 0 aliphatic carbocycles. The van der Waals surface area contributed by atoms with E-state index in [1.54, 1.807) is 11.3 Å². The highest BCUT2D eigenvalue weighted by molar-refractivity contribution is 5.80. The van der Waals surface area contributed by atoms with Crippen LogP contribution in [0, 0.1) is 19.8 Å². The molecule has 1 unspecified atom stereocenters. The van der Waals surface area contributed by atoms with Crippen LogP contribution in [0.2, 0.25) is 0 Å². The second-order valence-corrected chi connectivity index (χ2v) is 5.65. The summed E-state index contributed by atoms with van der Waals surface area (Å²) in [7, 11) is 0. The number of aliphatic hydroxyl groups excluding tert-OH is 1. The Labute approximate surface area is 122 Å². The summed E-state index contributed by atoms with van der Waals surface area (Å²) in [6.07, 6.45) is 0. The molecule has 1 atom stereocenters. The van der Waals surface area contributed by atoms with Crippen molar-refractivity contribution in [3.05, 3.63) is 45.9 Å². The first kappa shape index (κ1) is 13.8. The van der Waals surface area contributed by atoms with Crippen LogP contribution >= 0.6 is 0 Å². The zero-order chi connectivity index (χ0) is 15.1. The highest BCUT2D eigenvalue weighted by Crippen LogP contribution is 2.20. The largest absolute Gasteiger partial charge is 0.396 e. The van der Waals surface area contributed by atoms with Crippen LogP contribution in [-0.2, 0) is 6.54 Å². The smallest absolute Gasteiger partial charge is 0.262 e. The van der Waals surface area contributed by atoms with Gasteiger partial charge in [-0.05, 0) is 31.9 Å². The fourth-order valence-electron chi connectivity index (χ4n) is 2.63. The molecule has 0 bridgehead atoms. The number of imidazole rings is 1. The van der Waals surface area contributed by atoms with Gasteiger partial charge in [0.15, 0.2) is 0 Å². The third-order valence-corrected chi connectivity index (χ3v) is 4.00. The molecule has 1 N–H and O–H groups in total. The predicted molar refractivity (Wildman–Crippen MR) is 82.7 cm³/mol. The summed E-state index contributed by atoms with van der Waals surface area (Å²) in [5.74, 6) is 0.743. The molecule has 21 heavy (non-hydrogen) atoms. The van der Waals surface area contributed by atoms with Crippen molar-refractivity contribution in [3.63, 3.8) is 0 Å².